The second kappa shape index (κ2) is 3.02. The van der Waals surface area contributed by atoms with Gasteiger partial charge in [-0.25, -0.2) is 0 Å². The van der Waals surface area contributed by atoms with Crippen LogP contribution in [-0.4, -0.2) is 11.6 Å². The summed E-state index contributed by atoms with van der Waals surface area (Å²) in [4.78, 5) is 24.5. The number of fused-ring (bicyclic) bond motifs is 3. The first-order chi connectivity index (χ1) is 7.80. The average molecular weight is 234 g/mol. The van der Waals surface area contributed by atoms with E-state index < -0.39 is 0 Å². The maximum atomic E-state index is 12.3. The molecular formula is C15H22O2. The van der Waals surface area contributed by atoms with E-state index in [1.807, 2.05) is 0 Å². The van der Waals surface area contributed by atoms with Gasteiger partial charge in [0.05, 0.1) is 0 Å². The predicted molar refractivity (Wildman–Crippen MR) is 65.4 cm³/mol. The molecule has 3 aliphatic carbocycles. The van der Waals surface area contributed by atoms with Crippen LogP contribution in [-0.2, 0) is 9.59 Å². The zero-order valence-electron chi connectivity index (χ0n) is 11.2. The third kappa shape index (κ3) is 1.22. The fraction of sp³-hybridized carbons (Fsp3) is 0.867. The molecule has 0 amide bonds. The molecule has 3 rings (SSSR count). The Bertz CT molecular complexity index is 409. The minimum atomic E-state index is -0.344. The number of ketones is 2. The number of hydrogen-bond acceptors (Lipinski definition) is 2. The summed E-state index contributed by atoms with van der Waals surface area (Å²) in [7, 11) is 0. The molecule has 0 aliphatic heterocycles. The van der Waals surface area contributed by atoms with E-state index in [4.69, 9.17) is 0 Å². The van der Waals surface area contributed by atoms with Crippen molar-refractivity contribution in [2.45, 2.75) is 47.0 Å². The van der Waals surface area contributed by atoms with E-state index in [1.165, 1.54) is 0 Å². The zero-order valence-corrected chi connectivity index (χ0v) is 11.2. The third-order valence-electron chi connectivity index (χ3n) is 6.00. The van der Waals surface area contributed by atoms with Gasteiger partial charge in [-0.3, -0.25) is 9.59 Å². The van der Waals surface area contributed by atoms with Crippen LogP contribution < -0.4 is 0 Å². The van der Waals surface area contributed by atoms with E-state index in [1.54, 1.807) is 0 Å². The molecule has 0 bridgehead atoms. The van der Waals surface area contributed by atoms with Crippen LogP contribution in [0.2, 0.25) is 0 Å². The summed E-state index contributed by atoms with van der Waals surface area (Å²) in [6.45, 7) is 8.74. The SMILES string of the molecule is C[C@@H]1CCC(=O)[C@]2(C)CC(=O)[C@@H]3[C@@H]([C@H]12)C3(C)C. The second-order valence-corrected chi connectivity index (χ2v) is 7.35. The highest BCUT2D eigenvalue weighted by molar-refractivity contribution is 5.96. The van der Waals surface area contributed by atoms with Crippen LogP contribution in [0.1, 0.15) is 47.0 Å². The summed E-state index contributed by atoms with van der Waals surface area (Å²) in [5, 5.41) is 0. The molecular weight excluding hydrogens is 212 g/mol. The van der Waals surface area contributed by atoms with Gasteiger partial charge in [0.15, 0.2) is 0 Å². The maximum absolute atomic E-state index is 12.3. The topological polar surface area (TPSA) is 34.1 Å². The van der Waals surface area contributed by atoms with Crippen LogP contribution in [0.3, 0.4) is 0 Å². The fourth-order valence-electron chi connectivity index (χ4n) is 5.04. The molecule has 94 valence electrons. The normalized spacial score (nSPS) is 51.8. The highest BCUT2D eigenvalue weighted by atomic mass is 16.1. The van der Waals surface area contributed by atoms with Crippen molar-refractivity contribution in [3.63, 3.8) is 0 Å². The first-order valence-corrected chi connectivity index (χ1v) is 6.86. The molecule has 17 heavy (non-hydrogen) atoms. The van der Waals surface area contributed by atoms with Gasteiger partial charge in [-0.05, 0) is 29.6 Å². The lowest BCUT2D eigenvalue weighted by atomic mass is 9.56. The van der Waals surface area contributed by atoms with Gasteiger partial charge in [0, 0.05) is 24.2 Å². The van der Waals surface area contributed by atoms with E-state index in [-0.39, 0.29) is 16.7 Å². The van der Waals surface area contributed by atoms with E-state index in [0.717, 1.165) is 6.42 Å². The summed E-state index contributed by atoms with van der Waals surface area (Å²) >= 11 is 0. The molecule has 0 saturated heterocycles. The molecule has 3 fully saturated rings. The molecule has 5 atom stereocenters. The quantitative estimate of drug-likeness (QED) is 0.646. The van der Waals surface area contributed by atoms with Gasteiger partial charge in [-0.15, -0.1) is 0 Å². The van der Waals surface area contributed by atoms with Crippen LogP contribution in [0, 0.1) is 34.5 Å². The van der Waals surface area contributed by atoms with Crippen LogP contribution in [0.15, 0.2) is 0 Å². The van der Waals surface area contributed by atoms with Crippen molar-refractivity contribution in [2.75, 3.05) is 0 Å². The first-order valence-electron chi connectivity index (χ1n) is 6.86. The third-order valence-corrected chi connectivity index (χ3v) is 6.00. The Balaban J connectivity index is 2.04. The molecule has 0 N–H and O–H groups in total. The van der Waals surface area contributed by atoms with Gasteiger partial charge in [0.2, 0.25) is 0 Å². The summed E-state index contributed by atoms with van der Waals surface area (Å²) < 4.78 is 0. The molecule has 0 aromatic carbocycles. The Morgan fingerprint density at radius 1 is 1.12 bits per heavy atom. The van der Waals surface area contributed by atoms with E-state index >= 15 is 0 Å². The number of carbonyl (C=O) groups excluding carboxylic acids is 2. The van der Waals surface area contributed by atoms with Crippen molar-refractivity contribution in [3.05, 3.63) is 0 Å². The van der Waals surface area contributed by atoms with Crippen LogP contribution in [0.25, 0.3) is 0 Å². The molecule has 0 aromatic rings. The number of hydrogen-bond donors (Lipinski definition) is 0. The van der Waals surface area contributed by atoms with Crippen molar-refractivity contribution in [3.8, 4) is 0 Å². The minimum Gasteiger partial charge on any atom is -0.299 e. The Kier molecular flexibility index (Phi) is 2.03. The molecule has 0 heterocycles. The summed E-state index contributed by atoms with van der Waals surface area (Å²) in [6.07, 6.45) is 2.21. The van der Waals surface area contributed by atoms with Gasteiger partial charge in [-0.2, -0.15) is 0 Å². The largest absolute Gasteiger partial charge is 0.299 e. The maximum Gasteiger partial charge on any atom is 0.139 e. The van der Waals surface area contributed by atoms with Crippen LogP contribution in [0.5, 0.6) is 0 Å². The van der Waals surface area contributed by atoms with Crippen LogP contribution >= 0.6 is 0 Å². The molecule has 3 saturated carbocycles. The van der Waals surface area contributed by atoms with E-state index in [9.17, 15) is 9.59 Å². The van der Waals surface area contributed by atoms with E-state index in [2.05, 4.69) is 27.7 Å². The molecule has 3 aliphatic rings. The van der Waals surface area contributed by atoms with Gasteiger partial charge in [-0.1, -0.05) is 27.7 Å². The minimum absolute atomic E-state index is 0.144. The Labute approximate surface area is 103 Å². The molecule has 0 unspecified atom stereocenters. The van der Waals surface area contributed by atoms with Gasteiger partial charge in [0.25, 0.3) is 0 Å². The lowest BCUT2D eigenvalue weighted by molar-refractivity contribution is -0.146. The van der Waals surface area contributed by atoms with Crippen LogP contribution in [0.4, 0.5) is 0 Å². The van der Waals surface area contributed by atoms with E-state index in [0.29, 0.717) is 42.2 Å². The average Bonchev–Trinajstić information content (AvgIpc) is 2.77. The van der Waals surface area contributed by atoms with Crippen molar-refractivity contribution in [2.24, 2.45) is 34.5 Å². The predicted octanol–water partition coefficient (Wildman–Crippen LogP) is 2.85. The summed E-state index contributed by atoms with van der Waals surface area (Å²) in [5.74, 6) is 2.44. The standard InChI is InChI=1S/C15H22O2/c1-8-5-6-10(17)15(4)7-9(16)12-13(11(8)15)14(12,2)3/h8,11-13H,5-7H2,1-4H3/t8-,11+,12-,13-,15+/m1/s1. The lowest BCUT2D eigenvalue weighted by Gasteiger charge is -2.46. The molecule has 0 aromatic heterocycles. The molecule has 2 heteroatoms. The smallest absolute Gasteiger partial charge is 0.139 e. The number of rotatable bonds is 0. The van der Waals surface area contributed by atoms with Crippen molar-refractivity contribution in [1.29, 1.82) is 0 Å². The zero-order chi connectivity index (χ0) is 12.6. The number of Topliss-reactive ketones (excluding diaryl/α,β-unsaturated/α-hetero) is 2. The summed E-state index contributed by atoms with van der Waals surface area (Å²) in [5.41, 5.74) is -0.199. The number of carbonyl (C=O) groups is 2. The first kappa shape index (κ1) is 11.4. The van der Waals surface area contributed by atoms with Crippen molar-refractivity contribution < 1.29 is 9.59 Å². The second-order valence-electron chi connectivity index (χ2n) is 7.35. The molecule has 0 spiro atoms. The fourth-order valence-corrected chi connectivity index (χ4v) is 5.04. The molecule has 0 radical (unpaired) electrons. The van der Waals surface area contributed by atoms with Gasteiger partial charge < -0.3 is 0 Å². The van der Waals surface area contributed by atoms with Gasteiger partial charge in [0.1, 0.15) is 11.6 Å². The Morgan fingerprint density at radius 3 is 2.41 bits per heavy atom. The Hall–Kier alpha value is -0.660. The van der Waals surface area contributed by atoms with Crippen molar-refractivity contribution in [1.82, 2.24) is 0 Å². The molecule has 2 nitrogen and oxygen atoms in total. The highest BCUT2D eigenvalue weighted by Gasteiger charge is 2.72. The lowest BCUT2D eigenvalue weighted by Crippen LogP contribution is -2.49. The van der Waals surface area contributed by atoms with Crippen molar-refractivity contribution >= 4 is 11.6 Å². The summed E-state index contributed by atoms with van der Waals surface area (Å²) in [6, 6.07) is 0. The van der Waals surface area contributed by atoms with Gasteiger partial charge >= 0.3 is 0 Å². The highest BCUT2D eigenvalue weighted by Crippen LogP contribution is 2.71. The monoisotopic (exact) mass is 234 g/mol. The Morgan fingerprint density at radius 2 is 1.76 bits per heavy atom.